The standard InChI is InChI=1S/C20H23BrFN3O/c1-14-6-4-5-11-25(14)20(24-18-7-2-3-8-19(18)26)23-13-15-12-16(21)9-10-17(15)22/h2-3,7-10,12,14,26H,4-6,11,13H2,1H3,(H,23,24). The van der Waals surface area contributed by atoms with Crippen LogP contribution in [0.1, 0.15) is 31.7 Å². The number of rotatable bonds is 3. The Morgan fingerprint density at radius 2 is 2.12 bits per heavy atom. The molecule has 26 heavy (non-hydrogen) atoms. The highest BCUT2D eigenvalue weighted by atomic mass is 79.9. The Labute approximate surface area is 161 Å². The van der Waals surface area contributed by atoms with Gasteiger partial charge in [0.05, 0.1) is 12.2 Å². The number of guanidine groups is 1. The lowest BCUT2D eigenvalue weighted by Crippen LogP contribution is -2.45. The number of aliphatic imine (C=N–C) groups is 1. The fourth-order valence-electron chi connectivity index (χ4n) is 3.14. The highest BCUT2D eigenvalue weighted by Crippen LogP contribution is 2.24. The van der Waals surface area contributed by atoms with E-state index in [0.29, 0.717) is 23.3 Å². The van der Waals surface area contributed by atoms with Gasteiger partial charge < -0.3 is 15.3 Å². The number of hydrogen-bond donors (Lipinski definition) is 2. The van der Waals surface area contributed by atoms with Crippen LogP contribution in [0.4, 0.5) is 10.1 Å². The van der Waals surface area contributed by atoms with E-state index in [9.17, 15) is 9.50 Å². The molecule has 138 valence electrons. The predicted octanol–water partition coefficient (Wildman–Crippen LogP) is 5.14. The summed E-state index contributed by atoms with van der Waals surface area (Å²) >= 11 is 3.38. The first-order valence-electron chi connectivity index (χ1n) is 8.84. The summed E-state index contributed by atoms with van der Waals surface area (Å²) in [5.41, 5.74) is 1.12. The van der Waals surface area contributed by atoms with Crippen LogP contribution >= 0.6 is 15.9 Å². The van der Waals surface area contributed by atoms with Crippen LogP contribution in [0.15, 0.2) is 51.9 Å². The summed E-state index contributed by atoms with van der Waals surface area (Å²) in [7, 11) is 0. The molecular formula is C20H23BrFN3O. The zero-order valence-electron chi connectivity index (χ0n) is 14.8. The van der Waals surface area contributed by atoms with E-state index in [2.05, 4.69) is 38.1 Å². The molecule has 2 aromatic rings. The van der Waals surface area contributed by atoms with Gasteiger partial charge >= 0.3 is 0 Å². The number of aromatic hydroxyl groups is 1. The second kappa shape index (κ2) is 8.54. The minimum atomic E-state index is -0.273. The predicted molar refractivity (Wildman–Crippen MR) is 107 cm³/mol. The number of likely N-dealkylation sites (tertiary alicyclic amines) is 1. The van der Waals surface area contributed by atoms with Gasteiger partial charge in [0.1, 0.15) is 11.6 Å². The molecule has 3 rings (SSSR count). The first-order chi connectivity index (χ1) is 12.5. The molecule has 4 nitrogen and oxygen atoms in total. The number of benzene rings is 2. The lowest BCUT2D eigenvalue weighted by molar-refractivity contribution is 0.257. The van der Waals surface area contributed by atoms with Crippen molar-refractivity contribution in [3.63, 3.8) is 0 Å². The molecule has 1 heterocycles. The van der Waals surface area contributed by atoms with E-state index in [1.165, 1.54) is 12.5 Å². The molecule has 1 atom stereocenters. The van der Waals surface area contributed by atoms with Crippen LogP contribution in [0, 0.1) is 5.82 Å². The van der Waals surface area contributed by atoms with Gasteiger partial charge in [-0.15, -0.1) is 0 Å². The Morgan fingerprint density at radius 1 is 1.31 bits per heavy atom. The van der Waals surface area contributed by atoms with Crippen molar-refractivity contribution in [1.29, 1.82) is 0 Å². The van der Waals surface area contributed by atoms with Crippen LogP contribution in [0.2, 0.25) is 0 Å². The van der Waals surface area contributed by atoms with Crippen LogP contribution in [-0.2, 0) is 6.54 Å². The summed E-state index contributed by atoms with van der Waals surface area (Å²) in [6, 6.07) is 12.3. The van der Waals surface area contributed by atoms with Crippen molar-refractivity contribution in [2.45, 2.75) is 38.8 Å². The molecule has 0 aromatic heterocycles. The Bertz CT molecular complexity index is 796. The summed E-state index contributed by atoms with van der Waals surface area (Å²) in [6.45, 7) is 3.28. The third-order valence-electron chi connectivity index (χ3n) is 4.63. The summed E-state index contributed by atoms with van der Waals surface area (Å²) < 4.78 is 14.9. The number of nitrogens with zero attached hydrogens (tertiary/aromatic N) is 2. The molecule has 2 N–H and O–H groups in total. The van der Waals surface area contributed by atoms with Crippen LogP contribution < -0.4 is 5.32 Å². The van der Waals surface area contributed by atoms with E-state index in [-0.39, 0.29) is 18.1 Å². The maximum atomic E-state index is 14.1. The summed E-state index contributed by atoms with van der Waals surface area (Å²) in [5, 5.41) is 13.3. The maximum Gasteiger partial charge on any atom is 0.199 e. The first-order valence-corrected chi connectivity index (χ1v) is 9.64. The zero-order valence-corrected chi connectivity index (χ0v) is 16.3. The zero-order chi connectivity index (χ0) is 18.5. The molecule has 6 heteroatoms. The highest BCUT2D eigenvalue weighted by Gasteiger charge is 2.22. The summed E-state index contributed by atoms with van der Waals surface area (Å²) in [5.74, 6) is 0.558. The molecule has 0 spiro atoms. The molecule has 0 amide bonds. The van der Waals surface area contributed by atoms with Gasteiger partial charge in [0.15, 0.2) is 5.96 Å². The van der Waals surface area contributed by atoms with Gasteiger partial charge in [-0.3, -0.25) is 0 Å². The third kappa shape index (κ3) is 4.55. The molecule has 1 unspecified atom stereocenters. The second-order valence-corrected chi connectivity index (χ2v) is 7.47. The first kappa shape index (κ1) is 18.7. The fourth-order valence-corrected chi connectivity index (χ4v) is 3.55. The fraction of sp³-hybridized carbons (Fsp3) is 0.350. The van der Waals surface area contributed by atoms with Gasteiger partial charge in [0.25, 0.3) is 0 Å². The average Bonchev–Trinajstić information content (AvgIpc) is 2.63. The van der Waals surface area contributed by atoms with Crippen LogP contribution in [0.5, 0.6) is 5.75 Å². The molecule has 1 aliphatic heterocycles. The van der Waals surface area contributed by atoms with Crippen molar-refractivity contribution in [2.24, 2.45) is 4.99 Å². The molecule has 1 saturated heterocycles. The largest absolute Gasteiger partial charge is 0.506 e. The van der Waals surface area contributed by atoms with Crippen molar-refractivity contribution < 1.29 is 9.50 Å². The maximum absolute atomic E-state index is 14.1. The van der Waals surface area contributed by atoms with Crippen LogP contribution in [0.25, 0.3) is 0 Å². The number of piperidine rings is 1. The van der Waals surface area contributed by atoms with Gasteiger partial charge in [-0.05, 0) is 56.5 Å². The molecule has 0 saturated carbocycles. The van der Waals surface area contributed by atoms with Crippen LogP contribution in [-0.4, -0.2) is 28.6 Å². The van der Waals surface area contributed by atoms with Gasteiger partial charge in [-0.2, -0.15) is 0 Å². The monoisotopic (exact) mass is 419 g/mol. The number of para-hydroxylation sites is 2. The number of anilines is 1. The average molecular weight is 420 g/mol. The topological polar surface area (TPSA) is 47.9 Å². The molecule has 0 radical (unpaired) electrons. The molecule has 2 aromatic carbocycles. The second-order valence-electron chi connectivity index (χ2n) is 6.56. The van der Waals surface area contributed by atoms with Crippen molar-refractivity contribution in [1.82, 2.24) is 4.90 Å². The van der Waals surface area contributed by atoms with Crippen LogP contribution in [0.3, 0.4) is 0 Å². The van der Waals surface area contributed by atoms with E-state index in [1.807, 2.05) is 6.07 Å². The third-order valence-corrected chi connectivity index (χ3v) is 5.13. The highest BCUT2D eigenvalue weighted by molar-refractivity contribution is 9.10. The normalized spacial score (nSPS) is 18.0. The van der Waals surface area contributed by atoms with E-state index in [0.717, 1.165) is 23.9 Å². The van der Waals surface area contributed by atoms with Gasteiger partial charge in [-0.25, -0.2) is 9.38 Å². The van der Waals surface area contributed by atoms with E-state index < -0.39 is 0 Å². The Morgan fingerprint density at radius 3 is 2.88 bits per heavy atom. The number of hydrogen-bond acceptors (Lipinski definition) is 2. The molecular weight excluding hydrogens is 397 g/mol. The Kier molecular flexibility index (Phi) is 6.14. The van der Waals surface area contributed by atoms with Gasteiger partial charge in [0, 0.05) is 22.6 Å². The quantitative estimate of drug-likeness (QED) is 0.411. The van der Waals surface area contributed by atoms with Crippen molar-refractivity contribution in [3.8, 4) is 5.75 Å². The number of phenols is 1. The van der Waals surface area contributed by atoms with Crippen molar-refractivity contribution >= 4 is 27.6 Å². The minimum absolute atomic E-state index is 0.165. The van der Waals surface area contributed by atoms with Crippen molar-refractivity contribution in [2.75, 3.05) is 11.9 Å². The Hall–Kier alpha value is -2.08. The van der Waals surface area contributed by atoms with Gasteiger partial charge in [-0.1, -0.05) is 28.1 Å². The number of nitrogens with one attached hydrogen (secondary N) is 1. The van der Waals surface area contributed by atoms with E-state index in [1.54, 1.807) is 30.3 Å². The Balaban J connectivity index is 1.89. The molecule has 0 aliphatic carbocycles. The SMILES string of the molecule is CC1CCCCN1C(=NCc1cc(Br)ccc1F)Nc1ccccc1O. The minimum Gasteiger partial charge on any atom is -0.506 e. The molecule has 1 aliphatic rings. The number of halogens is 2. The molecule has 0 bridgehead atoms. The lowest BCUT2D eigenvalue weighted by atomic mass is 10.0. The number of phenolic OH excluding ortho intramolecular Hbond substituents is 1. The lowest BCUT2D eigenvalue weighted by Gasteiger charge is -2.36. The van der Waals surface area contributed by atoms with Crippen molar-refractivity contribution in [3.05, 3.63) is 58.3 Å². The smallest absolute Gasteiger partial charge is 0.199 e. The van der Waals surface area contributed by atoms with E-state index >= 15 is 0 Å². The summed E-state index contributed by atoms with van der Waals surface area (Å²) in [6.07, 6.45) is 3.38. The van der Waals surface area contributed by atoms with E-state index in [4.69, 9.17) is 0 Å². The van der Waals surface area contributed by atoms with Gasteiger partial charge in [0.2, 0.25) is 0 Å². The summed E-state index contributed by atoms with van der Waals surface area (Å²) in [4.78, 5) is 6.87. The molecule has 1 fully saturated rings.